The van der Waals surface area contributed by atoms with E-state index in [0.717, 1.165) is 23.1 Å². The number of amides is 1. The molecule has 96 valence electrons. The molecule has 18 heavy (non-hydrogen) atoms. The maximum absolute atomic E-state index is 11.8. The highest BCUT2D eigenvalue weighted by molar-refractivity contribution is 9.10. The smallest absolute Gasteiger partial charge is 0.239 e. The van der Waals surface area contributed by atoms with Crippen LogP contribution in [0.15, 0.2) is 18.2 Å². The molecule has 1 aromatic heterocycles. The number of fused-ring (bicyclic) bond motifs is 1. The molecule has 1 atom stereocenters. The summed E-state index contributed by atoms with van der Waals surface area (Å²) in [5.41, 5.74) is 2.23. The van der Waals surface area contributed by atoms with Gasteiger partial charge in [0.05, 0.1) is 15.0 Å². The van der Waals surface area contributed by atoms with Gasteiger partial charge in [0, 0.05) is 0 Å². The molecule has 0 fully saturated rings. The van der Waals surface area contributed by atoms with Crippen molar-refractivity contribution < 1.29 is 4.79 Å². The first-order valence-electron chi connectivity index (χ1n) is 5.98. The third kappa shape index (κ3) is 2.90. The lowest BCUT2D eigenvalue weighted by Crippen LogP contribution is -2.21. The first-order chi connectivity index (χ1) is 8.63. The van der Waals surface area contributed by atoms with E-state index in [4.69, 9.17) is 0 Å². The van der Waals surface area contributed by atoms with Crippen LogP contribution >= 0.6 is 27.3 Å². The van der Waals surface area contributed by atoms with Gasteiger partial charge in [-0.2, -0.15) is 0 Å². The van der Waals surface area contributed by atoms with Crippen LogP contribution in [0, 0.1) is 0 Å². The molecule has 2 aromatic rings. The SMILES string of the molecule is CCc1ccc2nc(NC(=O)[C@@H](Br)CC)sc2c1. The first kappa shape index (κ1) is 13.5. The van der Waals surface area contributed by atoms with Crippen LogP contribution in [0.3, 0.4) is 0 Å². The molecule has 5 heteroatoms. The molecule has 0 spiro atoms. The monoisotopic (exact) mass is 326 g/mol. The normalized spacial score (nSPS) is 12.6. The van der Waals surface area contributed by atoms with Gasteiger partial charge in [-0.25, -0.2) is 4.98 Å². The molecule has 0 aliphatic carbocycles. The average molecular weight is 327 g/mol. The van der Waals surface area contributed by atoms with E-state index in [1.807, 2.05) is 13.0 Å². The number of nitrogens with one attached hydrogen (secondary N) is 1. The van der Waals surface area contributed by atoms with Crippen molar-refractivity contribution in [3.05, 3.63) is 23.8 Å². The highest BCUT2D eigenvalue weighted by Crippen LogP contribution is 2.27. The Balaban J connectivity index is 2.22. The number of alkyl halides is 1. The Morgan fingerprint density at radius 1 is 1.50 bits per heavy atom. The highest BCUT2D eigenvalue weighted by Gasteiger charge is 2.14. The van der Waals surface area contributed by atoms with Crippen molar-refractivity contribution in [1.82, 2.24) is 4.98 Å². The zero-order valence-electron chi connectivity index (χ0n) is 10.4. The molecule has 0 saturated heterocycles. The van der Waals surface area contributed by atoms with Gasteiger partial charge in [0.15, 0.2) is 5.13 Å². The van der Waals surface area contributed by atoms with Gasteiger partial charge in [0.2, 0.25) is 5.91 Å². The lowest BCUT2D eigenvalue weighted by atomic mass is 10.2. The van der Waals surface area contributed by atoms with Crippen LogP contribution in [0.2, 0.25) is 0 Å². The number of hydrogen-bond donors (Lipinski definition) is 1. The molecule has 0 aliphatic rings. The molecule has 1 amide bonds. The third-order valence-electron chi connectivity index (χ3n) is 2.73. The number of benzene rings is 1. The van der Waals surface area contributed by atoms with E-state index in [2.05, 4.69) is 45.3 Å². The number of hydrogen-bond acceptors (Lipinski definition) is 3. The average Bonchev–Trinajstić information content (AvgIpc) is 2.78. The van der Waals surface area contributed by atoms with Gasteiger partial charge >= 0.3 is 0 Å². The summed E-state index contributed by atoms with van der Waals surface area (Å²) in [4.78, 5) is 16.0. The molecule has 1 aromatic carbocycles. The first-order valence-corrected chi connectivity index (χ1v) is 7.71. The van der Waals surface area contributed by atoms with Crippen LogP contribution in [-0.2, 0) is 11.2 Å². The number of carbonyl (C=O) groups is 1. The van der Waals surface area contributed by atoms with Gasteiger partial charge in [-0.3, -0.25) is 4.79 Å². The molecule has 0 radical (unpaired) electrons. The molecule has 2 rings (SSSR count). The summed E-state index contributed by atoms with van der Waals surface area (Å²) in [7, 11) is 0. The van der Waals surface area contributed by atoms with E-state index in [-0.39, 0.29) is 10.7 Å². The van der Waals surface area contributed by atoms with Gasteiger partial charge in [-0.15, -0.1) is 0 Å². The largest absolute Gasteiger partial charge is 0.301 e. The maximum atomic E-state index is 11.8. The molecule has 0 aliphatic heterocycles. The van der Waals surface area contributed by atoms with Crippen molar-refractivity contribution >= 4 is 48.5 Å². The topological polar surface area (TPSA) is 42.0 Å². The summed E-state index contributed by atoms with van der Waals surface area (Å²) in [6.45, 7) is 4.09. The molecule has 0 saturated carbocycles. The fourth-order valence-electron chi connectivity index (χ4n) is 1.61. The Morgan fingerprint density at radius 2 is 2.28 bits per heavy atom. The van der Waals surface area contributed by atoms with Gasteiger partial charge in [0.1, 0.15) is 0 Å². The Kier molecular flexibility index (Phi) is 4.35. The van der Waals surface area contributed by atoms with E-state index in [1.54, 1.807) is 0 Å². The Morgan fingerprint density at radius 3 is 2.94 bits per heavy atom. The van der Waals surface area contributed by atoms with Crippen LogP contribution in [-0.4, -0.2) is 15.7 Å². The lowest BCUT2D eigenvalue weighted by molar-refractivity contribution is -0.115. The van der Waals surface area contributed by atoms with E-state index >= 15 is 0 Å². The van der Waals surface area contributed by atoms with Crippen molar-refractivity contribution in [3.63, 3.8) is 0 Å². The summed E-state index contributed by atoms with van der Waals surface area (Å²) < 4.78 is 1.12. The molecule has 0 unspecified atom stereocenters. The molecule has 1 N–H and O–H groups in total. The summed E-state index contributed by atoms with van der Waals surface area (Å²) in [5, 5.41) is 3.51. The van der Waals surface area contributed by atoms with Crippen LogP contribution in [0.1, 0.15) is 25.8 Å². The number of nitrogens with zero attached hydrogens (tertiary/aromatic N) is 1. The second kappa shape index (κ2) is 5.80. The van der Waals surface area contributed by atoms with Crippen molar-refractivity contribution in [1.29, 1.82) is 0 Å². The fourth-order valence-corrected chi connectivity index (χ4v) is 2.66. The Labute approximate surface area is 119 Å². The third-order valence-corrected chi connectivity index (χ3v) is 4.73. The summed E-state index contributed by atoms with van der Waals surface area (Å²) >= 11 is 4.85. The standard InChI is InChI=1S/C13H15BrN2OS/c1-3-8-5-6-10-11(7-8)18-13(15-10)16-12(17)9(14)4-2/h5-7,9H,3-4H2,1-2H3,(H,15,16,17)/t9-/m0/s1. The number of anilines is 1. The number of rotatable bonds is 4. The summed E-state index contributed by atoms with van der Waals surface area (Å²) in [6.07, 6.45) is 1.77. The zero-order valence-corrected chi connectivity index (χ0v) is 12.8. The van der Waals surface area contributed by atoms with Crippen LogP contribution in [0.25, 0.3) is 10.2 Å². The minimum atomic E-state index is -0.157. The second-order valence-corrected chi connectivity index (χ2v) is 6.18. The van der Waals surface area contributed by atoms with E-state index in [0.29, 0.717) is 5.13 Å². The predicted molar refractivity (Wildman–Crippen MR) is 80.6 cm³/mol. The van der Waals surface area contributed by atoms with Crippen LogP contribution in [0.5, 0.6) is 0 Å². The van der Waals surface area contributed by atoms with Gasteiger partial charge in [-0.05, 0) is 30.5 Å². The Hall–Kier alpha value is -0.940. The fraction of sp³-hybridized carbons (Fsp3) is 0.385. The van der Waals surface area contributed by atoms with E-state index in [9.17, 15) is 4.79 Å². The highest BCUT2D eigenvalue weighted by atomic mass is 79.9. The number of halogens is 1. The molecule has 0 bridgehead atoms. The van der Waals surface area contributed by atoms with E-state index in [1.165, 1.54) is 16.9 Å². The van der Waals surface area contributed by atoms with Crippen LogP contribution in [0.4, 0.5) is 5.13 Å². The minimum absolute atomic E-state index is 0.0349. The zero-order chi connectivity index (χ0) is 13.1. The number of thiazole rings is 1. The number of aromatic nitrogens is 1. The van der Waals surface area contributed by atoms with Gasteiger partial charge < -0.3 is 5.32 Å². The second-order valence-electron chi connectivity index (χ2n) is 4.04. The van der Waals surface area contributed by atoms with Crippen LogP contribution < -0.4 is 5.32 Å². The van der Waals surface area contributed by atoms with Crippen molar-refractivity contribution in [2.24, 2.45) is 0 Å². The minimum Gasteiger partial charge on any atom is -0.301 e. The van der Waals surface area contributed by atoms with Crippen molar-refractivity contribution in [2.45, 2.75) is 31.5 Å². The van der Waals surface area contributed by atoms with Gasteiger partial charge in [0.25, 0.3) is 0 Å². The maximum Gasteiger partial charge on any atom is 0.239 e. The van der Waals surface area contributed by atoms with Gasteiger partial charge in [-0.1, -0.05) is 47.2 Å². The summed E-state index contributed by atoms with van der Waals surface area (Å²) in [6, 6.07) is 6.22. The number of aryl methyl sites for hydroxylation is 1. The number of carbonyl (C=O) groups excluding carboxylic acids is 1. The summed E-state index contributed by atoms with van der Waals surface area (Å²) in [5.74, 6) is -0.0349. The molecule has 1 heterocycles. The Bertz CT molecular complexity index is 567. The van der Waals surface area contributed by atoms with Crippen molar-refractivity contribution in [2.75, 3.05) is 5.32 Å². The predicted octanol–water partition coefficient (Wildman–Crippen LogP) is 3.97. The quantitative estimate of drug-likeness (QED) is 0.864. The van der Waals surface area contributed by atoms with Crippen molar-refractivity contribution in [3.8, 4) is 0 Å². The molecular weight excluding hydrogens is 312 g/mol. The lowest BCUT2D eigenvalue weighted by Gasteiger charge is -2.04. The molecular formula is C13H15BrN2OS. The van der Waals surface area contributed by atoms with E-state index < -0.39 is 0 Å². The molecule has 3 nitrogen and oxygen atoms in total.